The molecule has 4 rings (SSSR count). The number of hydrogen-bond donors (Lipinski definition) is 1. The van der Waals surface area contributed by atoms with Crippen molar-refractivity contribution in [1.82, 2.24) is 9.80 Å². The first-order valence-electron chi connectivity index (χ1n) is 8.72. The third kappa shape index (κ3) is 3.21. The van der Waals surface area contributed by atoms with Gasteiger partial charge < -0.3 is 24.4 Å². The molecule has 2 fully saturated rings. The Kier molecular flexibility index (Phi) is 4.10. The Morgan fingerprint density at radius 3 is 2.79 bits per heavy atom. The number of benzene rings is 1. The fourth-order valence-corrected chi connectivity index (χ4v) is 3.89. The number of likely N-dealkylation sites (tertiary alicyclic amines) is 2. The van der Waals surface area contributed by atoms with Crippen LogP contribution in [0.2, 0.25) is 0 Å². The number of fused-ring (bicyclic) bond motifs is 1. The average molecular weight is 332 g/mol. The molecule has 1 unspecified atom stereocenters. The standard InChI is InChI=1S/C18H24N2O4/c21-17(10-14-3-4-15-16(9-14)24-13-23-15)20-8-5-18(22,12-20)11-19-6-1-2-7-19/h3-4,9,22H,1-2,5-8,10-13H2. The molecule has 0 spiro atoms. The molecule has 1 N–H and O–H groups in total. The Bertz CT molecular complexity index is 629. The molecule has 0 radical (unpaired) electrons. The van der Waals surface area contributed by atoms with Crippen LogP contribution in [0.3, 0.4) is 0 Å². The molecule has 0 saturated carbocycles. The zero-order valence-electron chi connectivity index (χ0n) is 13.9. The van der Waals surface area contributed by atoms with Crippen molar-refractivity contribution in [2.24, 2.45) is 0 Å². The highest BCUT2D eigenvalue weighted by Gasteiger charge is 2.39. The van der Waals surface area contributed by atoms with E-state index >= 15 is 0 Å². The first-order chi connectivity index (χ1) is 11.6. The number of carbonyl (C=O) groups excluding carboxylic acids is 1. The summed E-state index contributed by atoms with van der Waals surface area (Å²) in [7, 11) is 0. The minimum Gasteiger partial charge on any atom is -0.454 e. The van der Waals surface area contributed by atoms with E-state index in [0.29, 0.717) is 38.2 Å². The van der Waals surface area contributed by atoms with Gasteiger partial charge in [-0.25, -0.2) is 0 Å². The van der Waals surface area contributed by atoms with E-state index in [9.17, 15) is 9.90 Å². The molecule has 3 aliphatic heterocycles. The number of ether oxygens (including phenoxy) is 2. The lowest BCUT2D eigenvalue weighted by Gasteiger charge is -2.28. The predicted octanol–water partition coefficient (Wildman–Crippen LogP) is 1.02. The molecular weight excluding hydrogens is 308 g/mol. The minimum absolute atomic E-state index is 0.0613. The molecule has 6 heteroatoms. The summed E-state index contributed by atoms with van der Waals surface area (Å²) in [6, 6.07) is 5.61. The Balaban J connectivity index is 1.35. The lowest BCUT2D eigenvalue weighted by molar-refractivity contribution is -0.130. The highest BCUT2D eigenvalue weighted by atomic mass is 16.7. The van der Waals surface area contributed by atoms with Crippen molar-refractivity contribution in [3.63, 3.8) is 0 Å². The van der Waals surface area contributed by atoms with Crippen molar-refractivity contribution in [3.05, 3.63) is 23.8 Å². The summed E-state index contributed by atoms with van der Waals surface area (Å²) in [4.78, 5) is 16.7. The van der Waals surface area contributed by atoms with Crippen LogP contribution in [0.1, 0.15) is 24.8 Å². The Morgan fingerprint density at radius 2 is 1.96 bits per heavy atom. The molecule has 2 saturated heterocycles. The Labute approximate surface area is 141 Å². The van der Waals surface area contributed by atoms with E-state index in [4.69, 9.17) is 9.47 Å². The first-order valence-corrected chi connectivity index (χ1v) is 8.72. The van der Waals surface area contributed by atoms with Crippen molar-refractivity contribution in [1.29, 1.82) is 0 Å². The van der Waals surface area contributed by atoms with E-state index in [0.717, 1.165) is 24.4 Å². The molecular formula is C18H24N2O4. The van der Waals surface area contributed by atoms with Crippen LogP contribution in [0, 0.1) is 0 Å². The Morgan fingerprint density at radius 1 is 1.17 bits per heavy atom. The molecule has 0 aliphatic carbocycles. The number of β-amino-alcohol motifs (C(OH)–C–C–N with tert-alkyl or cyclic N) is 1. The fraction of sp³-hybridized carbons (Fsp3) is 0.611. The maximum Gasteiger partial charge on any atom is 0.231 e. The third-order valence-corrected chi connectivity index (χ3v) is 5.19. The molecule has 1 atom stereocenters. The molecule has 6 nitrogen and oxygen atoms in total. The molecule has 0 bridgehead atoms. The second-order valence-corrected chi connectivity index (χ2v) is 7.14. The third-order valence-electron chi connectivity index (χ3n) is 5.19. The predicted molar refractivity (Wildman–Crippen MR) is 88.1 cm³/mol. The SMILES string of the molecule is O=C(Cc1ccc2c(c1)OCO2)N1CCC(O)(CN2CCCC2)C1. The van der Waals surface area contributed by atoms with E-state index in [-0.39, 0.29) is 12.7 Å². The molecule has 24 heavy (non-hydrogen) atoms. The quantitative estimate of drug-likeness (QED) is 0.892. The summed E-state index contributed by atoms with van der Waals surface area (Å²) < 4.78 is 10.7. The second-order valence-electron chi connectivity index (χ2n) is 7.14. The van der Waals surface area contributed by atoms with Gasteiger partial charge in [0.2, 0.25) is 12.7 Å². The van der Waals surface area contributed by atoms with E-state index in [1.807, 2.05) is 18.2 Å². The summed E-state index contributed by atoms with van der Waals surface area (Å²) in [5.74, 6) is 1.49. The summed E-state index contributed by atoms with van der Waals surface area (Å²) in [5, 5.41) is 10.8. The maximum absolute atomic E-state index is 12.6. The second kappa shape index (κ2) is 6.26. The maximum atomic E-state index is 12.6. The zero-order chi connectivity index (χ0) is 16.6. The van der Waals surface area contributed by atoms with Crippen molar-refractivity contribution in [2.45, 2.75) is 31.3 Å². The number of nitrogens with zero attached hydrogens (tertiary/aromatic N) is 2. The number of rotatable bonds is 4. The van der Waals surface area contributed by atoms with Crippen LogP contribution in [0.25, 0.3) is 0 Å². The number of aliphatic hydroxyl groups is 1. The smallest absolute Gasteiger partial charge is 0.231 e. The van der Waals surface area contributed by atoms with Crippen molar-refractivity contribution in [2.75, 3.05) is 39.5 Å². The lowest BCUT2D eigenvalue weighted by Crippen LogP contribution is -2.45. The van der Waals surface area contributed by atoms with Gasteiger partial charge in [-0.1, -0.05) is 6.07 Å². The number of hydrogen-bond acceptors (Lipinski definition) is 5. The molecule has 3 aliphatic rings. The molecule has 130 valence electrons. The van der Waals surface area contributed by atoms with Crippen LogP contribution >= 0.6 is 0 Å². The number of amides is 1. The van der Waals surface area contributed by atoms with Crippen LogP contribution in [-0.2, 0) is 11.2 Å². The van der Waals surface area contributed by atoms with E-state index in [1.54, 1.807) is 4.90 Å². The Hall–Kier alpha value is -1.79. The minimum atomic E-state index is -0.755. The van der Waals surface area contributed by atoms with Gasteiger partial charge in [-0.15, -0.1) is 0 Å². The van der Waals surface area contributed by atoms with Crippen LogP contribution in [0.4, 0.5) is 0 Å². The van der Waals surface area contributed by atoms with Crippen LogP contribution in [0.15, 0.2) is 18.2 Å². The summed E-state index contributed by atoms with van der Waals surface area (Å²) in [5.41, 5.74) is 0.161. The van der Waals surface area contributed by atoms with E-state index < -0.39 is 5.60 Å². The van der Waals surface area contributed by atoms with Crippen LogP contribution in [0.5, 0.6) is 11.5 Å². The summed E-state index contributed by atoms with van der Waals surface area (Å²) in [6.07, 6.45) is 3.42. The van der Waals surface area contributed by atoms with Crippen molar-refractivity contribution >= 4 is 5.91 Å². The van der Waals surface area contributed by atoms with Crippen molar-refractivity contribution in [3.8, 4) is 11.5 Å². The van der Waals surface area contributed by atoms with Crippen LogP contribution in [-0.4, -0.2) is 65.9 Å². The van der Waals surface area contributed by atoms with Gasteiger partial charge in [0.05, 0.1) is 18.6 Å². The monoisotopic (exact) mass is 332 g/mol. The summed E-state index contributed by atoms with van der Waals surface area (Å²) in [6.45, 7) is 4.12. The molecule has 0 aromatic heterocycles. The first kappa shape index (κ1) is 15.7. The highest BCUT2D eigenvalue weighted by molar-refractivity contribution is 5.79. The summed E-state index contributed by atoms with van der Waals surface area (Å²) >= 11 is 0. The zero-order valence-corrected chi connectivity index (χ0v) is 13.9. The molecule has 1 aromatic carbocycles. The van der Waals surface area contributed by atoms with Gasteiger partial charge in [-0.2, -0.15) is 0 Å². The van der Waals surface area contributed by atoms with Gasteiger partial charge in [0, 0.05) is 13.1 Å². The van der Waals surface area contributed by atoms with Gasteiger partial charge in [0.15, 0.2) is 11.5 Å². The average Bonchev–Trinajstić information content (AvgIpc) is 3.28. The highest BCUT2D eigenvalue weighted by Crippen LogP contribution is 2.33. The van der Waals surface area contributed by atoms with E-state index in [1.165, 1.54) is 12.8 Å². The van der Waals surface area contributed by atoms with Gasteiger partial charge >= 0.3 is 0 Å². The van der Waals surface area contributed by atoms with Gasteiger partial charge in [0.1, 0.15) is 0 Å². The largest absolute Gasteiger partial charge is 0.454 e. The van der Waals surface area contributed by atoms with E-state index in [2.05, 4.69) is 4.90 Å². The normalized spacial score (nSPS) is 26.3. The van der Waals surface area contributed by atoms with Gasteiger partial charge in [0.25, 0.3) is 0 Å². The van der Waals surface area contributed by atoms with Gasteiger partial charge in [-0.05, 0) is 50.0 Å². The fourth-order valence-electron chi connectivity index (χ4n) is 3.89. The van der Waals surface area contributed by atoms with Gasteiger partial charge in [-0.3, -0.25) is 4.79 Å². The topological polar surface area (TPSA) is 62.2 Å². The molecule has 1 amide bonds. The molecule has 3 heterocycles. The van der Waals surface area contributed by atoms with Crippen LogP contribution < -0.4 is 9.47 Å². The number of carbonyl (C=O) groups is 1. The molecule has 1 aromatic rings. The van der Waals surface area contributed by atoms with Crippen molar-refractivity contribution < 1.29 is 19.4 Å². The lowest BCUT2D eigenvalue weighted by atomic mass is 10.0.